The third-order valence-corrected chi connectivity index (χ3v) is 5.90. The largest absolute Gasteiger partial charge is 0.326 e. The van der Waals surface area contributed by atoms with Gasteiger partial charge in [-0.2, -0.15) is 5.90 Å². The minimum atomic E-state index is -0.350. The normalized spacial score (nSPS) is 15.1. The van der Waals surface area contributed by atoms with Crippen molar-refractivity contribution in [2.45, 2.75) is 11.3 Å². The van der Waals surface area contributed by atoms with Gasteiger partial charge in [0.2, 0.25) is 5.91 Å². The van der Waals surface area contributed by atoms with Gasteiger partial charge >= 0.3 is 0 Å². The maximum Gasteiger partial charge on any atom is 0.266 e. The third-order valence-electron chi connectivity index (χ3n) is 3.91. The first-order chi connectivity index (χ1) is 14.5. The summed E-state index contributed by atoms with van der Waals surface area (Å²) in [6.07, 6.45) is 1.73. The number of nitrogens with zero attached hydrogens (tertiary/aromatic N) is 1. The Morgan fingerprint density at radius 1 is 1.23 bits per heavy atom. The number of hydrogen-bond acceptors (Lipinski definition) is 8. The topological polar surface area (TPSA) is 93.9 Å². The molecule has 0 radical (unpaired) electrons. The van der Waals surface area contributed by atoms with Gasteiger partial charge in [-0.05, 0) is 48.0 Å². The molecule has 0 unspecified atom stereocenters. The molecule has 3 rings (SSSR count). The quantitative estimate of drug-likeness (QED) is 0.199. The molecule has 156 valence electrons. The molecule has 3 N–H and O–H groups in total. The van der Waals surface area contributed by atoms with Crippen LogP contribution in [-0.2, 0) is 18.9 Å². The van der Waals surface area contributed by atoms with Crippen LogP contribution in [0, 0.1) is 5.82 Å². The molecule has 0 bridgehead atoms. The Morgan fingerprint density at radius 3 is 2.60 bits per heavy atom. The van der Waals surface area contributed by atoms with Gasteiger partial charge in [-0.3, -0.25) is 14.5 Å². The lowest BCUT2D eigenvalue weighted by molar-refractivity contribution is -0.195. The maximum atomic E-state index is 13.0. The van der Waals surface area contributed by atoms with E-state index in [4.69, 9.17) is 18.1 Å². The van der Waals surface area contributed by atoms with Crippen LogP contribution in [0.2, 0.25) is 0 Å². The van der Waals surface area contributed by atoms with Crippen LogP contribution in [0.4, 0.5) is 10.1 Å². The summed E-state index contributed by atoms with van der Waals surface area (Å²) in [5.41, 5.74) is 1.29. The highest BCUT2D eigenvalue weighted by atomic mass is 32.2. The van der Waals surface area contributed by atoms with Crippen LogP contribution in [0.25, 0.3) is 6.08 Å². The Labute approximate surface area is 185 Å². The van der Waals surface area contributed by atoms with Crippen molar-refractivity contribution in [1.82, 2.24) is 4.90 Å². The van der Waals surface area contributed by atoms with Crippen LogP contribution in [0.1, 0.15) is 12.0 Å². The van der Waals surface area contributed by atoms with Gasteiger partial charge in [-0.15, -0.1) is 9.32 Å². The van der Waals surface area contributed by atoms with Gasteiger partial charge in [-0.1, -0.05) is 36.1 Å². The van der Waals surface area contributed by atoms with E-state index in [-0.39, 0.29) is 30.6 Å². The van der Waals surface area contributed by atoms with Crippen molar-refractivity contribution in [2.75, 3.05) is 11.9 Å². The van der Waals surface area contributed by atoms with Crippen LogP contribution in [0.15, 0.2) is 58.3 Å². The van der Waals surface area contributed by atoms with Gasteiger partial charge in [0.25, 0.3) is 5.91 Å². The number of benzene rings is 2. The van der Waals surface area contributed by atoms with E-state index in [1.807, 2.05) is 0 Å². The van der Waals surface area contributed by atoms with E-state index in [0.29, 0.717) is 20.5 Å². The fourth-order valence-corrected chi connectivity index (χ4v) is 4.17. The van der Waals surface area contributed by atoms with Crippen LogP contribution in [-0.4, -0.2) is 27.6 Å². The first kappa shape index (κ1) is 22.4. The average molecular weight is 466 g/mol. The fraction of sp³-hybridized carbons (Fsp3) is 0.105. The number of amides is 2. The van der Waals surface area contributed by atoms with Crippen molar-refractivity contribution in [3.63, 3.8) is 0 Å². The average Bonchev–Trinajstić information content (AvgIpc) is 3.00. The molecule has 2 aromatic rings. The van der Waals surface area contributed by atoms with Gasteiger partial charge < -0.3 is 5.32 Å². The monoisotopic (exact) mass is 465 g/mol. The maximum absolute atomic E-state index is 13.0. The summed E-state index contributed by atoms with van der Waals surface area (Å²) in [7, 11) is 0. The molecule has 0 atom stereocenters. The summed E-state index contributed by atoms with van der Waals surface area (Å²) in [6.45, 7) is 0.160. The number of halogens is 1. The van der Waals surface area contributed by atoms with Gasteiger partial charge in [-0.25, -0.2) is 4.39 Å². The Kier molecular flexibility index (Phi) is 7.96. The van der Waals surface area contributed by atoms with Gasteiger partial charge in [0, 0.05) is 23.5 Å². The van der Waals surface area contributed by atoms with Crippen molar-refractivity contribution >= 4 is 63.9 Å². The second-order valence-electron chi connectivity index (χ2n) is 5.96. The zero-order valence-electron chi connectivity index (χ0n) is 15.4. The van der Waals surface area contributed by atoms with Gasteiger partial charge in [0.1, 0.15) is 10.1 Å². The van der Waals surface area contributed by atoms with Crippen LogP contribution in [0.3, 0.4) is 0 Å². The number of thioether (sulfide) groups is 1. The molecule has 1 saturated heterocycles. The summed E-state index contributed by atoms with van der Waals surface area (Å²) in [6, 6.07) is 12.6. The summed E-state index contributed by atoms with van der Waals surface area (Å²) in [5.74, 6) is 3.89. The number of nitrogens with two attached hydrogens (primary N) is 1. The molecule has 2 aromatic carbocycles. The summed E-state index contributed by atoms with van der Waals surface area (Å²) in [5, 5.41) is 2.75. The molecule has 0 aromatic heterocycles. The minimum absolute atomic E-state index is 0.0803. The zero-order chi connectivity index (χ0) is 21.5. The standard InChI is InChI=1S/C19H16FN3O4S3/c20-13-3-1-12(2-4-13)11-16-18(25)23(19(28)29-16)10-9-17(24)22-14-5-7-15(8-6-14)30-27-26-21/h1-8,11H,9-10,21H2,(H,22,24). The van der Waals surface area contributed by atoms with Gasteiger partial charge in [0.15, 0.2) is 0 Å². The highest BCUT2D eigenvalue weighted by Crippen LogP contribution is 2.32. The molecule has 0 saturated carbocycles. The molecule has 1 fully saturated rings. The van der Waals surface area contributed by atoms with Crippen molar-refractivity contribution in [1.29, 1.82) is 0 Å². The molecule has 1 heterocycles. The predicted octanol–water partition coefficient (Wildman–Crippen LogP) is 3.88. The lowest BCUT2D eigenvalue weighted by atomic mass is 10.2. The second-order valence-corrected chi connectivity index (χ2v) is 8.40. The molecular weight excluding hydrogens is 449 g/mol. The van der Waals surface area contributed by atoms with E-state index in [1.165, 1.54) is 17.0 Å². The third kappa shape index (κ3) is 6.11. The number of anilines is 1. The number of nitrogens with one attached hydrogen (secondary N) is 1. The minimum Gasteiger partial charge on any atom is -0.326 e. The van der Waals surface area contributed by atoms with E-state index < -0.39 is 0 Å². The van der Waals surface area contributed by atoms with E-state index in [0.717, 1.165) is 28.7 Å². The Hall–Kier alpha value is -2.28. The van der Waals surface area contributed by atoms with Crippen molar-refractivity contribution in [3.8, 4) is 0 Å². The molecule has 1 aliphatic rings. The molecule has 0 aliphatic carbocycles. The first-order valence-electron chi connectivity index (χ1n) is 8.57. The van der Waals surface area contributed by atoms with Crippen molar-refractivity contribution in [2.24, 2.45) is 5.90 Å². The number of thiocarbonyl (C=S) groups is 1. The van der Waals surface area contributed by atoms with Crippen LogP contribution in [0.5, 0.6) is 0 Å². The van der Waals surface area contributed by atoms with Crippen LogP contribution >= 0.6 is 36.0 Å². The number of rotatable bonds is 8. The number of carbonyl (C=O) groups is 2. The van der Waals surface area contributed by atoms with Crippen molar-refractivity contribution < 1.29 is 23.3 Å². The zero-order valence-corrected chi connectivity index (χ0v) is 17.8. The van der Waals surface area contributed by atoms with Gasteiger partial charge in [0.05, 0.1) is 16.9 Å². The SMILES string of the molecule is NOOSc1ccc(NC(=O)CCN2C(=O)C(=Cc3ccc(F)cc3)SC2=S)cc1. The molecule has 2 amide bonds. The van der Waals surface area contributed by atoms with E-state index in [2.05, 4.69) is 14.6 Å². The fourth-order valence-electron chi connectivity index (χ4n) is 2.49. The first-order valence-corrected chi connectivity index (χ1v) is 10.5. The summed E-state index contributed by atoms with van der Waals surface area (Å²) in [4.78, 5) is 31.4. The van der Waals surface area contributed by atoms with Crippen molar-refractivity contribution in [3.05, 3.63) is 64.8 Å². The second kappa shape index (κ2) is 10.7. The number of carbonyl (C=O) groups excluding carboxylic acids is 2. The molecule has 0 spiro atoms. The molecule has 11 heteroatoms. The highest BCUT2D eigenvalue weighted by Gasteiger charge is 2.32. The lowest BCUT2D eigenvalue weighted by Gasteiger charge is -2.14. The summed E-state index contributed by atoms with van der Waals surface area (Å²) >= 11 is 7.35. The Balaban J connectivity index is 1.53. The molecule has 30 heavy (non-hydrogen) atoms. The number of hydrogen-bond donors (Lipinski definition) is 2. The Morgan fingerprint density at radius 2 is 1.93 bits per heavy atom. The van der Waals surface area contributed by atoms with E-state index >= 15 is 0 Å². The van der Waals surface area contributed by atoms with Crippen LogP contribution < -0.4 is 11.2 Å². The summed E-state index contributed by atoms with van der Waals surface area (Å²) < 4.78 is 17.9. The van der Waals surface area contributed by atoms with E-state index in [9.17, 15) is 14.0 Å². The Bertz CT molecular complexity index is 968. The predicted molar refractivity (Wildman–Crippen MR) is 118 cm³/mol. The molecule has 7 nitrogen and oxygen atoms in total. The highest BCUT2D eigenvalue weighted by molar-refractivity contribution is 8.26. The smallest absolute Gasteiger partial charge is 0.266 e. The lowest BCUT2D eigenvalue weighted by Crippen LogP contribution is -2.31. The molecular formula is C19H16FN3O4S3. The molecule has 1 aliphatic heterocycles. The van der Waals surface area contributed by atoms with E-state index in [1.54, 1.807) is 42.5 Å².